The molecule has 0 aliphatic rings. The first-order chi connectivity index (χ1) is 14.5. The molecule has 0 spiro atoms. The van der Waals surface area contributed by atoms with Gasteiger partial charge in [-0.3, -0.25) is 0 Å². The Labute approximate surface area is 173 Å². The number of nitrogens with two attached hydrogens (primary N) is 1. The lowest BCUT2D eigenvalue weighted by molar-refractivity contribution is -0.141. The number of nitrogens with zero attached hydrogens (tertiary/aromatic N) is 2. The van der Waals surface area contributed by atoms with E-state index in [1.165, 1.54) is 6.26 Å². The molecule has 2 N–H and O–H groups in total. The van der Waals surface area contributed by atoms with E-state index in [1.807, 2.05) is 0 Å². The van der Waals surface area contributed by atoms with Gasteiger partial charge < -0.3 is 4.42 Å². The second-order valence-corrected chi connectivity index (χ2v) is 8.10. The van der Waals surface area contributed by atoms with E-state index in [4.69, 9.17) is 9.56 Å². The lowest BCUT2D eigenvalue weighted by Crippen LogP contribution is -2.13. The number of hydrogen-bond donors (Lipinski definition) is 1. The minimum Gasteiger partial charge on any atom is -0.464 e. The highest BCUT2D eigenvalue weighted by Crippen LogP contribution is 2.34. The molecule has 2 aromatic heterocycles. The summed E-state index contributed by atoms with van der Waals surface area (Å²) in [6, 6.07) is 13.2. The third-order valence-electron chi connectivity index (χ3n) is 4.46. The number of primary sulfonamides is 1. The number of benzene rings is 2. The Kier molecular flexibility index (Phi) is 4.94. The smallest absolute Gasteiger partial charge is 0.435 e. The zero-order chi connectivity index (χ0) is 22.4. The summed E-state index contributed by atoms with van der Waals surface area (Å²) in [5, 5.41) is 8.48. The molecule has 160 valence electrons. The predicted octanol–water partition coefficient (Wildman–Crippen LogP) is 4.60. The molecule has 2 heterocycles. The number of aromatic nitrogens is 2. The number of furan rings is 1. The molecule has 0 aliphatic heterocycles. The SMILES string of the molecule is NS(=O)(=O)c1ccc(-n2nc(C(F)(F)F)cc2-c2ccc(-c3ccco3)cc2)c(F)c1. The predicted molar refractivity (Wildman–Crippen MR) is 103 cm³/mol. The van der Waals surface area contributed by atoms with Crippen LogP contribution in [0.5, 0.6) is 0 Å². The molecule has 0 saturated carbocycles. The van der Waals surface area contributed by atoms with Gasteiger partial charge in [-0.25, -0.2) is 22.6 Å². The highest BCUT2D eigenvalue weighted by molar-refractivity contribution is 7.89. The first-order valence-electron chi connectivity index (χ1n) is 8.68. The van der Waals surface area contributed by atoms with Gasteiger partial charge in [-0.1, -0.05) is 24.3 Å². The van der Waals surface area contributed by atoms with Crippen LogP contribution in [-0.4, -0.2) is 18.2 Å². The van der Waals surface area contributed by atoms with Crippen LogP contribution in [0.1, 0.15) is 5.69 Å². The van der Waals surface area contributed by atoms with E-state index >= 15 is 0 Å². The molecule has 11 heteroatoms. The lowest BCUT2D eigenvalue weighted by atomic mass is 10.1. The topological polar surface area (TPSA) is 91.1 Å². The first kappa shape index (κ1) is 20.8. The maximum absolute atomic E-state index is 14.6. The van der Waals surface area contributed by atoms with Crippen LogP contribution in [0.25, 0.3) is 28.3 Å². The zero-order valence-electron chi connectivity index (χ0n) is 15.5. The summed E-state index contributed by atoms with van der Waals surface area (Å²) in [4.78, 5) is -0.513. The molecular weight excluding hydrogens is 438 g/mol. The van der Waals surface area contributed by atoms with Crippen LogP contribution in [0.2, 0.25) is 0 Å². The Morgan fingerprint density at radius 1 is 0.968 bits per heavy atom. The maximum atomic E-state index is 14.6. The van der Waals surface area contributed by atoms with Gasteiger partial charge in [0.15, 0.2) is 5.69 Å². The van der Waals surface area contributed by atoms with Crippen molar-refractivity contribution in [2.75, 3.05) is 0 Å². The Morgan fingerprint density at radius 3 is 2.19 bits per heavy atom. The minimum atomic E-state index is -4.77. The number of hydrogen-bond acceptors (Lipinski definition) is 4. The molecule has 0 amide bonds. The van der Waals surface area contributed by atoms with Crippen LogP contribution < -0.4 is 5.14 Å². The highest BCUT2D eigenvalue weighted by atomic mass is 32.2. The molecule has 0 unspecified atom stereocenters. The first-order valence-corrected chi connectivity index (χ1v) is 10.2. The third kappa shape index (κ3) is 4.09. The van der Waals surface area contributed by atoms with E-state index in [2.05, 4.69) is 5.10 Å². The van der Waals surface area contributed by atoms with E-state index in [0.29, 0.717) is 23.0 Å². The fraction of sp³-hybridized carbons (Fsp3) is 0.0500. The van der Waals surface area contributed by atoms with Gasteiger partial charge >= 0.3 is 6.18 Å². The van der Waals surface area contributed by atoms with Gasteiger partial charge in [0.05, 0.1) is 16.9 Å². The Balaban J connectivity index is 1.85. The molecule has 0 atom stereocenters. The van der Waals surface area contributed by atoms with Crippen LogP contribution in [0.4, 0.5) is 17.6 Å². The molecule has 2 aromatic carbocycles. The van der Waals surface area contributed by atoms with E-state index < -0.39 is 32.6 Å². The van der Waals surface area contributed by atoms with Crippen LogP contribution in [0.3, 0.4) is 0 Å². The van der Waals surface area contributed by atoms with Crippen molar-refractivity contribution in [3.05, 3.63) is 78.4 Å². The minimum absolute atomic E-state index is 0.0411. The summed E-state index contributed by atoms with van der Waals surface area (Å²) in [5.74, 6) is -0.530. The van der Waals surface area contributed by atoms with Crippen molar-refractivity contribution < 1.29 is 30.4 Å². The number of rotatable bonds is 4. The quantitative estimate of drug-likeness (QED) is 0.459. The van der Waals surface area contributed by atoms with Gasteiger partial charge in [0.1, 0.15) is 17.3 Å². The summed E-state index contributed by atoms with van der Waals surface area (Å²) in [6.07, 6.45) is -3.28. The molecule has 0 bridgehead atoms. The second kappa shape index (κ2) is 7.36. The zero-order valence-corrected chi connectivity index (χ0v) is 16.3. The Morgan fingerprint density at radius 2 is 1.65 bits per heavy atom. The van der Waals surface area contributed by atoms with Crippen molar-refractivity contribution in [2.45, 2.75) is 11.1 Å². The molecule has 6 nitrogen and oxygen atoms in total. The van der Waals surface area contributed by atoms with Crippen LogP contribution in [0, 0.1) is 5.82 Å². The largest absolute Gasteiger partial charge is 0.464 e. The molecule has 0 aliphatic carbocycles. The van der Waals surface area contributed by atoms with E-state index in [1.54, 1.807) is 36.4 Å². The average Bonchev–Trinajstić information content (AvgIpc) is 3.37. The summed E-state index contributed by atoms with van der Waals surface area (Å²) < 4.78 is 83.5. The molecule has 4 rings (SSSR count). The normalized spacial score (nSPS) is 12.3. The fourth-order valence-corrected chi connectivity index (χ4v) is 3.52. The Bertz CT molecular complexity index is 1340. The maximum Gasteiger partial charge on any atom is 0.435 e. The van der Waals surface area contributed by atoms with Crippen molar-refractivity contribution >= 4 is 10.0 Å². The monoisotopic (exact) mass is 451 g/mol. The highest BCUT2D eigenvalue weighted by Gasteiger charge is 2.35. The van der Waals surface area contributed by atoms with Crippen LogP contribution in [0.15, 0.2) is 76.2 Å². The van der Waals surface area contributed by atoms with Crippen molar-refractivity contribution in [1.29, 1.82) is 0 Å². The molecule has 31 heavy (non-hydrogen) atoms. The number of halogens is 4. The summed E-state index contributed by atoms with van der Waals surface area (Å²) in [6.45, 7) is 0. The molecular formula is C20H13F4N3O3S. The molecule has 0 radical (unpaired) electrons. The number of alkyl halides is 3. The van der Waals surface area contributed by atoms with Crippen molar-refractivity contribution in [1.82, 2.24) is 9.78 Å². The lowest BCUT2D eigenvalue weighted by Gasteiger charge is -2.10. The fourth-order valence-electron chi connectivity index (χ4n) is 2.99. The van der Waals surface area contributed by atoms with E-state index in [0.717, 1.165) is 22.9 Å². The number of sulfonamides is 1. The van der Waals surface area contributed by atoms with Crippen LogP contribution in [-0.2, 0) is 16.2 Å². The molecule has 4 aromatic rings. The van der Waals surface area contributed by atoms with E-state index in [-0.39, 0.29) is 11.4 Å². The van der Waals surface area contributed by atoms with Crippen LogP contribution >= 0.6 is 0 Å². The average molecular weight is 451 g/mol. The van der Waals surface area contributed by atoms with Crippen molar-refractivity contribution in [3.63, 3.8) is 0 Å². The Hall–Kier alpha value is -3.44. The standard InChI is InChI=1S/C20H13F4N3O3S/c21-15-10-14(31(25,28)29)7-8-16(15)27-17(11-19(26-27)20(22,23)24)12-3-5-13(6-4-12)18-2-1-9-30-18/h1-11H,(H2,25,28,29). The third-order valence-corrected chi connectivity index (χ3v) is 5.37. The van der Waals surface area contributed by atoms with Gasteiger partial charge in [-0.05, 0) is 36.4 Å². The summed E-state index contributed by atoms with van der Waals surface area (Å²) in [5.41, 5.74) is -0.617. The summed E-state index contributed by atoms with van der Waals surface area (Å²) >= 11 is 0. The molecule has 0 saturated heterocycles. The molecule has 0 fully saturated rings. The second-order valence-electron chi connectivity index (χ2n) is 6.54. The van der Waals surface area contributed by atoms with Gasteiger partial charge in [-0.2, -0.15) is 18.3 Å². The van der Waals surface area contributed by atoms with Gasteiger partial charge in [-0.15, -0.1) is 0 Å². The van der Waals surface area contributed by atoms with Crippen molar-refractivity contribution in [3.8, 4) is 28.3 Å². The van der Waals surface area contributed by atoms with Crippen molar-refractivity contribution in [2.24, 2.45) is 5.14 Å². The van der Waals surface area contributed by atoms with Gasteiger partial charge in [0.25, 0.3) is 0 Å². The summed E-state index contributed by atoms with van der Waals surface area (Å²) in [7, 11) is -4.19. The van der Waals surface area contributed by atoms with E-state index in [9.17, 15) is 26.0 Å². The van der Waals surface area contributed by atoms with Gasteiger partial charge in [0.2, 0.25) is 10.0 Å². The van der Waals surface area contributed by atoms with Gasteiger partial charge in [0, 0.05) is 11.1 Å².